The molecule has 0 rings (SSSR count). The van der Waals surface area contributed by atoms with Gasteiger partial charge in [-0.25, -0.2) is 0 Å². The molecule has 0 radical (unpaired) electrons. The predicted molar refractivity (Wildman–Crippen MR) is 272 cm³/mol. The van der Waals surface area contributed by atoms with E-state index in [-0.39, 0.29) is 49.1 Å². The van der Waals surface area contributed by atoms with Gasteiger partial charge in [0, 0.05) is 19.3 Å². The molecule has 65 heavy (non-hydrogen) atoms. The number of ether oxygens (including phenoxy) is 3. The molecule has 0 fully saturated rings. The summed E-state index contributed by atoms with van der Waals surface area (Å²) in [6.45, 7) is 4.34. The van der Waals surface area contributed by atoms with Crippen molar-refractivity contribution in [3.8, 4) is 0 Å². The summed E-state index contributed by atoms with van der Waals surface area (Å²) in [5.41, 5.74) is 0. The smallest absolute Gasteiger partial charge is 0.306 e. The van der Waals surface area contributed by atoms with Gasteiger partial charge in [0.2, 0.25) is 0 Å². The highest BCUT2D eigenvalue weighted by Crippen LogP contribution is 2.11. The number of quaternary nitrogens is 1. The lowest BCUT2D eigenvalue weighted by molar-refractivity contribution is -0.889. The largest absolute Gasteiger partial charge is 0.544 e. The second kappa shape index (κ2) is 46.0. The van der Waals surface area contributed by atoms with E-state index in [0.29, 0.717) is 12.8 Å². The number of carboxylic acids is 1. The first-order valence-electron chi connectivity index (χ1n) is 24.7. The van der Waals surface area contributed by atoms with Crippen molar-refractivity contribution in [2.24, 2.45) is 0 Å². The molecule has 0 aromatic rings. The van der Waals surface area contributed by atoms with Gasteiger partial charge in [-0.05, 0) is 109 Å². The Morgan fingerprint density at radius 3 is 1.17 bits per heavy atom. The molecule has 8 heteroatoms. The lowest BCUT2D eigenvalue weighted by Gasteiger charge is -2.34. The molecule has 0 spiro atoms. The third kappa shape index (κ3) is 44.5. The van der Waals surface area contributed by atoms with Gasteiger partial charge in [0.15, 0.2) is 6.10 Å². The minimum absolute atomic E-state index is 0.00591. The number of unbranched alkanes of at least 4 members (excludes halogenated alkanes) is 6. The van der Waals surface area contributed by atoms with E-state index in [2.05, 4.69) is 148 Å². The van der Waals surface area contributed by atoms with Crippen molar-refractivity contribution < 1.29 is 38.2 Å². The van der Waals surface area contributed by atoms with Crippen molar-refractivity contribution in [1.29, 1.82) is 0 Å². The maximum Gasteiger partial charge on any atom is 0.306 e. The number of allylic oxidation sites excluding steroid dienone is 22. The maximum absolute atomic E-state index is 12.8. The summed E-state index contributed by atoms with van der Waals surface area (Å²) in [6.07, 6.45) is 66.2. The zero-order chi connectivity index (χ0) is 47.7. The SMILES string of the molecule is CC/C=C/C/C=C/C/C=C/C/C=C/C/C=C/C/C=C/CCCCCC(=O)OCC(COCCC(C(=O)[O-])[N+](C)(C)C)OC(=O)CCCCC/C=C/C/C=C/C/C=C/C/C=C/C/C=C/CC. The lowest BCUT2D eigenvalue weighted by atomic mass is 10.1. The van der Waals surface area contributed by atoms with Gasteiger partial charge < -0.3 is 28.6 Å². The molecule has 8 nitrogen and oxygen atoms in total. The number of likely N-dealkylation sites (N-methyl/N-ethyl adjacent to an activating group) is 1. The molecule has 0 saturated carbocycles. The number of hydrogen-bond donors (Lipinski definition) is 0. The van der Waals surface area contributed by atoms with Crippen LogP contribution in [0.1, 0.15) is 155 Å². The van der Waals surface area contributed by atoms with E-state index in [1.807, 2.05) is 0 Å². The summed E-state index contributed by atoms with van der Waals surface area (Å²) < 4.78 is 17.1. The zero-order valence-electron chi connectivity index (χ0n) is 41.3. The van der Waals surface area contributed by atoms with Crippen molar-refractivity contribution in [3.63, 3.8) is 0 Å². The Bertz CT molecular complexity index is 1520. The summed E-state index contributed by atoms with van der Waals surface area (Å²) >= 11 is 0. The quantitative estimate of drug-likeness (QED) is 0.0260. The molecular formula is C57H89NO7. The molecule has 0 aliphatic heterocycles. The first-order chi connectivity index (χ1) is 31.6. The monoisotopic (exact) mass is 900 g/mol. The van der Waals surface area contributed by atoms with E-state index in [1.165, 1.54) is 0 Å². The summed E-state index contributed by atoms with van der Waals surface area (Å²) in [4.78, 5) is 37.0. The third-order valence-corrected chi connectivity index (χ3v) is 10.0. The minimum Gasteiger partial charge on any atom is -0.544 e. The fraction of sp³-hybridized carbons (Fsp3) is 0.561. The van der Waals surface area contributed by atoms with Crippen LogP contribution in [0.2, 0.25) is 0 Å². The lowest BCUT2D eigenvalue weighted by Crippen LogP contribution is -2.55. The highest BCUT2D eigenvalue weighted by atomic mass is 16.6. The molecule has 364 valence electrons. The molecule has 0 amide bonds. The second-order valence-corrected chi connectivity index (χ2v) is 16.9. The number of carbonyl (C=O) groups is 3. The molecule has 2 unspecified atom stereocenters. The van der Waals surface area contributed by atoms with Crippen molar-refractivity contribution >= 4 is 17.9 Å². The van der Waals surface area contributed by atoms with Crippen molar-refractivity contribution in [2.75, 3.05) is 41.0 Å². The summed E-state index contributed by atoms with van der Waals surface area (Å²) in [5.74, 6) is -1.84. The average Bonchev–Trinajstić information content (AvgIpc) is 3.27. The van der Waals surface area contributed by atoms with Crippen molar-refractivity contribution in [1.82, 2.24) is 0 Å². The van der Waals surface area contributed by atoms with Gasteiger partial charge in [-0.1, -0.05) is 160 Å². The van der Waals surface area contributed by atoms with Crippen LogP contribution in [-0.4, -0.2) is 75.5 Å². The van der Waals surface area contributed by atoms with Gasteiger partial charge in [-0.3, -0.25) is 9.59 Å². The minimum atomic E-state index is -1.14. The first-order valence-corrected chi connectivity index (χ1v) is 24.7. The van der Waals surface area contributed by atoms with E-state index in [1.54, 1.807) is 21.1 Å². The normalized spacial score (nSPS) is 14.0. The summed E-state index contributed by atoms with van der Waals surface area (Å²) in [5, 5.41) is 11.7. The van der Waals surface area contributed by atoms with E-state index in [9.17, 15) is 19.5 Å². The average molecular weight is 900 g/mol. The summed E-state index contributed by atoms with van der Waals surface area (Å²) in [6, 6.07) is -0.747. The van der Waals surface area contributed by atoms with Gasteiger partial charge in [-0.2, -0.15) is 0 Å². The Labute approximate surface area is 396 Å². The molecule has 0 bridgehead atoms. The van der Waals surface area contributed by atoms with Crippen LogP contribution in [0.15, 0.2) is 134 Å². The maximum atomic E-state index is 12.8. The summed E-state index contributed by atoms with van der Waals surface area (Å²) in [7, 11) is 5.37. The van der Waals surface area contributed by atoms with Crippen LogP contribution in [0, 0.1) is 0 Å². The first kappa shape index (κ1) is 60.5. The van der Waals surface area contributed by atoms with Crippen molar-refractivity contribution in [3.05, 3.63) is 134 Å². The van der Waals surface area contributed by atoms with Gasteiger partial charge >= 0.3 is 11.9 Å². The second-order valence-electron chi connectivity index (χ2n) is 16.9. The Morgan fingerprint density at radius 2 is 0.815 bits per heavy atom. The number of carbonyl (C=O) groups excluding carboxylic acids is 3. The standard InChI is InChI=1S/C57H89NO7/c1-6-8-10-12-14-16-18-20-22-24-26-27-28-30-31-33-35-37-39-41-43-45-47-55(59)64-52-53(51-63-50-49-54(57(61)62)58(3,4)5)65-56(60)48-46-44-42-40-38-36-34-32-29-25-23-21-19-17-15-13-11-9-7-2/h8-11,14-17,20-23,26-27,29-32,35-38,53-54H,6-7,12-13,18-19,24-25,28,33-34,39-52H2,1-5H3/b10-8+,11-9+,16-14+,17-15+,22-20+,23-21+,27-26+,31-30+,32-29+,37-35+,38-36+. The third-order valence-electron chi connectivity index (χ3n) is 10.0. The van der Waals surface area contributed by atoms with Crippen LogP contribution in [0.5, 0.6) is 0 Å². The van der Waals surface area contributed by atoms with Crippen LogP contribution in [0.3, 0.4) is 0 Å². The van der Waals surface area contributed by atoms with Crippen molar-refractivity contribution in [2.45, 2.75) is 167 Å². The molecule has 0 saturated heterocycles. The van der Waals surface area contributed by atoms with E-state index in [4.69, 9.17) is 14.2 Å². The Balaban J connectivity index is 4.44. The Kier molecular flexibility index (Phi) is 42.8. The Morgan fingerprint density at radius 1 is 0.462 bits per heavy atom. The van der Waals surface area contributed by atoms with E-state index < -0.39 is 18.1 Å². The van der Waals surface area contributed by atoms with E-state index in [0.717, 1.165) is 116 Å². The number of esters is 2. The van der Waals surface area contributed by atoms with Crippen LogP contribution in [0.4, 0.5) is 0 Å². The molecule has 0 aromatic carbocycles. The zero-order valence-corrected chi connectivity index (χ0v) is 41.3. The van der Waals surface area contributed by atoms with E-state index >= 15 is 0 Å². The topological polar surface area (TPSA) is 102 Å². The highest BCUT2D eigenvalue weighted by Gasteiger charge is 2.25. The van der Waals surface area contributed by atoms with Crippen LogP contribution < -0.4 is 5.11 Å². The molecule has 0 aromatic heterocycles. The van der Waals surface area contributed by atoms with Crippen LogP contribution in [0.25, 0.3) is 0 Å². The van der Waals surface area contributed by atoms with Crippen LogP contribution in [-0.2, 0) is 28.6 Å². The van der Waals surface area contributed by atoms with Gasteiger partial charge in [0.25, 0.3) is 0 Å². The molecular weight excluding hydrogens is 811 g/mol. The Hall–Kier alpha value is -4.53. The number of nitrogens with zero attached hydrogens (tertiary/aromatic N) is 1. The molecule has 0 N–H and O–H groups in total. The molecule has 0 aliphatic rings. The fourth-order valence-corrected chi connectivity index (χ4v) is 6.27. The number of rotatable bonds is 42. The number of aliphatic carboxylic acids is 1. The fourth-order valence-electron chi connectivity index (χ4n) is 6.27. The van der Waals surface area contributed by atoms with Gasteiger partial charge in [0.05, 0.1) is 40.3 Å². The molecule has 0 aliphatic carbocycles. The molecule has 2 atom stereocenters. The highest BCUT2D eigenvalue weighted by molar-refractivity contribution is 5.70. The van der Waals surface area contributed by atoms with Gasteiger partial charge in [-0.15, -0.1) is 0 Å². The number of hydrogen-bond acceptors (Lipinski definition) is 7. The van der Waals surface area contributed by atoms with Crippen LogP contribution >= 0.6 is 0 Å². The van der Waals surface area contributed by atoms with Gasteiger partial charge in [0.1, 0.15) is 12.6 Å². The molecule has 0 heterocycles. The number of carboxylic acid groups (broad SMARTS) is 1. The predicted octanol–water partition coefficient (Wildman–Crippen LogP) is 13.0.